The van der Waals surface area contributed by atoms with Gasteiger partial charge in [-0.25, -0.2) is 0 Å². The van der Waals surface area contributed by atoms with Crippen LogP contribution in [0.1, 0.15) is 84.3 Å². The van der Waals surface area contributed by atoms with Gasteiger partial charge in [-0.3, -0.25) is 0 Å². The Hall–Kier alpha value is -0.541. The van der Waals surface area contributed by atoms with Gasteiger partial charge >= 0.3 is 179 Å². The number of unbranched alkanes of at least 4 members (excludes halogenated alkanes) is 3. The second-order valence-corrected chi connectivity index (χ2v) is 22.3. The Morgan fingerprint density at radius 2 is 1.32 bits per heavy atom. The summed E-state index contributed by atoms with van der Waals surface area (Å²) in [6.45, 7) is 9.32. The summed E-state index contributed by atoms with van der Waals surface area (Å²) in [6, 6.07) is 15.6. The molecule has 1 unspecified atom stereocenters. The number of benzene rings is 2. The van der Waals surface area contributed by atoms with E-state index in [2.05, 4.69) is 70.2 Å². The fourth-order valence-corrected chi connectivity index (χ4v) is 18.8. The Kier molecular flexibility index (Phi) is 10.9. The van der Waals surface area contributed by atoms with E-state index in [-0.39, 0.29) is 6.10 Å². The molecular formula is C26H42OSn. The van der Waals surface area contributed by atoms with Gasteiger partial charge in [0.1, 0.15) is 0 Å². The summed E-state index contributed by atoms with van der Waals surface area (Å²) in [6.07, 6.45) is 9.57. The predicted molar refractivity (Wildman–Crippen MR) is 128 cm³/mol. The van der Waals surface area contributed by atoms with Gasteiger partial charge in [-0.2, -0.15) is 0 Å². The van der Waals surface area contributed by atoms with Crippen LogP contribution < -0.4 is 0 Å². The van der Waals surface area contributed by atoms with E-state index in [9.17, 15) is 0 Å². The topological polar surface area (TPSA) is 9.23 Å². The van der Waals surface area contributed by atoms with Gasteiger partial charge in [-0.1, -0.05) is 0 Å². The number of fused-ring (bicyclic) bond motifs is 1. The zero-order chi connectivity index (χ0) is 20.2. The first kappa shape index (κ1) is 23.7. The van der Waals surface area contributed by atoms with Crippen molar-refractivity contribution in [1.29, 1.82) is 0 Å². The molecule has 0 aliphatic rings. The van der Waals surface area contributed by atoms with Gasteiger partial charge < -0.3 is 0 Å². The molecule has 2 rings (SSSR count). The Morgan fingerprint density at radius 3 is 1.86 bits per heavy atom. The first-order valence-electron chi connectivity index (χ1n) is 11.8. The van der Waals surface area contributed by atoms with E-state index in [0.717, 1.165) is 11.0 Å². The predicted octanol–water partition coefficient (Wildman–Crippen LogP) is 8.70. The summed E-state index contributed by atoms with van der Waals surface area (Å²) in [5, 5.41) is 2.66. The van der Waals surface area contributed by atoms with Crippen molar-refractivity contribution in [2.24, 2.45) is 0 Å². The number of hydrogen-bond donors (Lipinski definition) is 0. The van der Waals surface area contributed by atoms with Gasteiger partial charge in [-0.15, -0.1) is 0 Å². The molecule has 0 radical (unpaired) electrons. The summed E-state index contributed by atoms with van der Waals surface area (Å²) in [7, 11) is 0. The Morgan fingerprint density at radius 1 is 0.750 bits per heavy atom. The maximum absolute atomic E-state index is 6.78. The average Bonchev–Trinajstić information content (AvgIpc) is 2.74. The summed E-state index contributed by atoms with van der Waals surface area (Å²) in [5.74, 6) is 0. The molecule has 0 N–H and O–H groups in total. The fourth-order valence-electron chi connectivity index (χ4n) is 4.38. The third kappa shape index (κ3) is 7.06. The SMILES string of the molecule is CCC[CH2][Sn]([CH2]CCC)([CH2]CCC)[CH2]OC(CC)c1ccc2ccccc2c1. The second kappa shape index (κ2) is 12.9. The van der Waals surface area contributed by atoms with Crippen molar-refractivity contribution in [3.05, 3.63) is 48.0 Å². The van der Waals surface area contributed by atoms with Crippen molar-refractivity contribution in [3.8, 4) is 0 Å². The van der Waals surface area contributed by atoms with E-state index in [1.165, 1.54) is 68.2 Å². The molecule has 0 spiro atoms. The van der Waals surface area contributed by atoms with Crippen LogP contribution in [0.15, 0.2) is 42.5 Å². The summed E-state index contributed by atoms with van der Waals surface area (Å²) in [4.78, 5) is 0. The molecule has 0 heterocycles. The van der Waals surface area contributed by atoms with Crippen molar-refractivity contribution in [1.82, 2.24) is 0 Å². The van der Waals surface area contributed by atoms with E-state index in [0.29, 0.717) is 0 Å². The molecule has 0 aliphatic carbocycles. The number of ether oxygens (including phenoxy) is 1. The number of rotatable bonds is 14. The van der Waals surface area contributed by atoms with Gasteiger partial charge in [0, 0.05) is 0 Å². The van der Waals surface area contributed by atoms with E-state index < -0.39 is 18.4 Å². The zero-order valence-corrected chi connectivity index (χ0v) is 21.7. The Labute approximate surface area is 178 Å². The van der Waals surface area contributed by atoms with Gasteiger partial charge in [0.15, 0.2) is 0 Å². The van der Waals surface area contributed by atoms with Crippen LogP contribution in [0.3, 0.4) is 0 Å². The quantitative estimate of drug-likeness (QED) is 0.241. The van der Waals surface area contributed by atoms with Gasteiger partial charge in [-0.05, 0) is 0 Å². The van der Waals surface area contributed by atoms with Crippen molar-refractivity contribution in [2.75, 3.05) is 4.62 Å². The van der Waals surface area contributed by atoms with Crippen molar-refractivity contribution < 1.29 is 4.74 Å². The third-order valence-electron chi connectivity index (χ3n) is 6.29. The van der Waals surface area contributed by atoms with Crippen LogP contribution in [0.5, 0.6) is 0 Å². The molecule has 0 aliphatic heterocycles. The standard InChI is InChI=1S/C14H15O.3C4H9.Sn/c1-3-14(15-2)13-9-8-11-6-4-5-7-12(11)10-13;3*1-3-4-2;/h4-10,14H,2-3H2,1H3;3*1,3-4H2,2H3;. The zero-order valence-electron chi connectivity index (χ0n) is 18.8. The monoisotopic (exact) mass is 490 g/mol. The van der Waals surface area contributed by atoms with E-state index >= 15 is 0 Å². The first-order chi connectivity index (χ1) is 13.7. The molecule has 2 aromatic carbocycles. The molecule has 0 saturated carbocycles. The van der Waals surface area contributed by atoms with Crippen molar-refractivity contribution >= 4 is 29.1 Å². The first-order valence-corrected chi connectivity index (χ1v) is 19.9. The van der Waals surface area contributed by atoms with Crippen LogP contribution in [-0.2, 0) is 4.74 Å². The molecule has 0 amide bonds. The molecule has 28 heavy (non-hydrogen) atoms. The van der Waals surface area contributed by atoms with Crippen LogP contribution in [0.2, 0.25) is 13.3 Å². The minimum atomic E-state index is -2.22. The van der Waals surface area contributed by atoms with Gasteiger partial charge in [0.2, 0.25) is 0 Å². The van der Waals surface area contributed by atoms with Crippen LogP contribution in [0.4, 0.5) is 0 Å². The molecule has 156 valence electrons. The van der Waals surface area contributed by atoms with Gasteiger partial charge in [0.05, 0.1) is 0 Å². The average molecular weight is 489 g/mol. The Balaban J connectivity index is 2.15. The normalized spacial score (nSPS) is 13.1. The minimum absolute atomic E-state index is 0.255. The molecule has 0 bridgehead atoms. The Bertz CT molecular complexity index is 659. The van der Waals surface area contributed by atoms with Crippen LogP contribution >= 0.6 is 0 Å². The van der Waals surface area contributed by atoms with Gasteiger partial charge in [0.25, 0.3) is 0 Å². The van der Waals surface area contributed by atoms with Crippen molar-refractivity contribution in [3.63, 3.8) is 0 Å². The van der Waals surface area contributed by atoms with Crippen molar-refractivity contribution in [2.45, 2.75) is 92.1 Å². The summed E-state index contributed by atoms with van der Waals surface area (Å²) >= 11 is -2.22. The second-order valence-electron chi connectivity index (χ2n) is 8.63. The fraction of sp³-hybridized carbons (Fsp3) is 0.615. The summed E-state index contributed by atoms with van der Waals surface area (Å²) in [5.41, 5.74) is 1.36. The van der Waals surface area contributed by atoms with E-state index in [4.69, 9.17) is 4.74 Å². The number of hydrogen-bond acceptors (Lipinski definition) is 1. The third-order valence-corrected chi connectivity index (χ3v) is 20.6. The maximum atomic E-state index is 6.78. The van der Waals surface area contributed by atoms with Crippen LogP contribution in [-0.4, -0.2) is 23.0 Å². The van der Waals surface area contributed by atoms with E-state index in [1.54, 1.807) is 0 Å². The van der Waals surface area contributed by atoms with E-state index in [1.807, 2.05) is 0 Å². The molecule has 2 aromatic rings. The molecule has 1 nitrogen and oxygen atoms in total. The molecule has 2 heteroatoms. The molecule has 0 saturated heterocycles. The molecule has 0 aromatic heterocycles. The van der Waals surface area contributed by atoms with Crippen LogP contribution in [0.25, 0.3) is 10.8 Å². The molecule has 0 fully saturated rings. The van der Waals surface area contributed by atoms with Crippen LogP contribution in [0, 0.1) is 0 Å². The molecular weight excluding hydrogens is 447 g/mol. The summed E-state index contributed by atoms with van der Waals surface area (Å²) < 4.78 is 12.5. The molecule has 1 atom stereocenters.